The topological polar surface area (TPSA) is 146 Å². The molecule has 2 aromatic heterocycles. The number of hydrogen-bond acceptors (Lipinski definition) is 6. The van der Waals surface area contributed by atoms with Crippen LogP contribution in [0.5, 0.6) is 0 Å². The quantitative estimate of drug-likeness (QED) is 0.0900. The minimum atomic E-state index is -0.290. The third-order valence-corrected chi connectivity index (χ3v) is 10.1. The Bertz CT molecular complexity index is 2600. The van der Waals surface area contributed by atoms with Crippen LogP contribution in [-0.4, -0.2) is 30.9 Å². The largest absolute Gasteiger partial charge is 0.397 e. The second kappa shape index (κ2) is 19.9. The van der Waals surface area contributed by atoms with E-state index in [-0.39, 0.29) is 36.3 Å². The number of nitrogens with two attached hydrogens (primary N) is 2. The van der Waals surface area contributed by atoms with Crippen molar-refractivity contribution >= 4 is 57.8 Å². The van der Waals surface area contributed by atoms with Crippen LogP contribution in [0.3, 0.4) is 0 Å². The fraction of sp³-hybridized carbons (Fsp3) is 0.0833. The molecule has 10 nitrogen and oxygen atoms in total. The van der Waals surface area contributed by atoms with E-state index < -0.39 is 0 Å². The van der Waals surface area contributed by atoms with Crippen LogP contribution in [0.2, 0.25) is 10.0 Å². The highest BCUT2D eigenvalue weighted by molar-refractivity contribution is 6.30. The zero-order valence-corrected chi connectivity index (χ0v) is 34.6. The normalized spacial score (nSPS) is 10.8. The molecule has 0 saturated carbocycles. The number of nitrogens with zero attached hydrogens (tertiary/aromatic N) is 4. The Morgan fingerprint density at radius 1 is 0.516 bits per heavy atom. The molecule has 8 rings (SSSR count). The summed E-state index contributed by atoms with van der Waals surface area (Å²) in [6.45, 7) is 0. The molecule has 8 aromatic rings. The van der Waals surface area contributed by atoms with Crippen LogP contribution in [0, 0.1) is 11.6 Å². The van der Waals surface area contributed by atoms with E-state index in [2.05, 4.69) is 20.6 Å². The maximum Gasteiger partial charge on any atom is 0.230 e. The first-order chi connectivity index (χ1) is 29.9. The number of nitrogens with one attached hydrogen (secondary N) is 2. The average molecular weight is 870 g/mol. The number of para-hydroxylation sites is 4. The van der Waals surface area contributed by atoms with Crippen molar-refractivity contribution in [2.75, 3.05) is 22.1 Å². The summed E-state index contributed by atoms with van der Waals surface area (Å²) < 4.78 is 30.4. The highest BCUT2D eigenvalue weighted by Gasteiger charge is 2.16. The van der Waals surface area contributed by atoms with Gasteiger partial charge in [0.05, 0.1) is 47.0 Å². The molecule has 6 N–H and O–H groups in total. The molecule has 0 atom stereocenters. The van der Waals surface area contributed by atoms with Crippen LogP contribution < -0.4 is 22.1 Å². The van der Waals surface area contributed by atoms with Crippen molar-refractivity contribution in [1.29, 1.82) is 0 Å². The zero-order valence-electron chi connectivity index (χ0n) is 33.1. The van der Waals surface area contributed by atoms with Crippen molar-refractivity contribution in [2.45, 2.75) is 25.7 Å². The van der Waals surface area contributed by atoms with Crippen LogP contribution >= 0.6 is 23.2 Å². The number of aromatic nitrogens is 4. The molecule has 0 saturated heterocycles. The van der Waals surface area contributed by atoms with Crippen molar-refractivity contribution < 1.29 is 18.4 Å². The molecule has 0 bridgehead atoms. The number of carbonyl (C=O) groups is 2. The number of hydrogen-bond donors (Lipinski definition) is 4. The third kappa shape index (κ3) is 11.5. The van der Waals surface area contributed by atoms with Crippen LogP contribution in [0.1, 0.15) is 34.2 Å². The van der Waals surface area contributed by atoms with Crippen molar-refractivity contribution in [1.82, 2.24) is 19.1 Å². The second-order valence-corrected chi connectivity index (χ2v) is 15.1. The lowest BCUT2D eigenvalue weighted by Crippen LogP contribution is -2.15. The Hall–Kier alpha value is -7.28. The third-order valence-electron chi connectivity index (χ3n) is 9.57. The van der Waals surface area contributed by atoms with Gasteiger partial charge < -0.3 is 31.2 Å². The Balaban J connectivity index is 0.000000186. The van der Waals surface area contributed by atoms with Crippen molar-refractivity contribution in [3.05, 3.63) is 214 Å². The number of imidazole rings is 2. The van der Waals surface area contributed by atoms with E-state index in [1.54, 1.807) is 84.9 Å². The van der Waals surface area contributed by atoms with E-state index >= 15 is 0 Å². The molecule has 312 valence electrons. The van der Waals surface area contributed by atoms with Gasteiger partial charge in [0, 0.05) is 46.7 Å². The lowest BCUT2D eigenvalue weighted by Gasteiger charge is -2.08. The summed E-state index contributed by atoms with van der Waals surface area (Å²) in [4.78, 5) is 34.5. The fourth-order valence-electron chi connectivity index (χ4n) is 6.52. The van der Waals surface area contributed by atoms with Gasteiger partial charge in [-0.25, -0.2) is 18.7 Å². The van der Waals surface area contributed by atoms with Gasteiger partial charge in [-0.2, -0.15) is 0 Å². The average Bonchev–Trinajstić information content (AvgIpc) is 3.84. The van der Waals surface area contributed by atoms with Crippen LogP contribution in [0.4, 0.5) is 31.5 Å². The number of benzene rings is 6. The molecule has 0 aliphatic heterocycles. The van der Waals surface area contributed by atoms with Gasteiger partial charge in [-0.05, 0) is 108 Å². The summed E-state index contributed by atoms with van der Waals surface area (Å²) in [6.07, 6.45) is 4.80. The first kappa shape index (κ1) is 42.8. The molecule has 2 heterocycles. The lowest BCUT2D eigenvalue weighted by atomic mass is 10.1. The highest BCUT2D eigenvalue weighted by Crippen LogP contribution is 2.23. The number of amides is 2. The van der Waals surface area contributed by atoms with Gasteiger partial charge in [-0.1, -0.05) is 71.7 Å². The molecule has 0 radical (unpaired) electrons. The first-order valence-electron chi connectivity index (χ1n) is 19.4. The molecule has 0 aliphatic carbocycles. The summed E-state index contributed by atoms with van der Waals surface area (Å²) in [5.74, 6) is 0.454. The number of halogens is 4. The van der Waals surface area contributed by atoms with E-state index in [9.17, 15) is 18.4 Å². The monoisotopic (exact) mass is 868 g/mol. The minimum absolute atomic E-state index is 0.0886. The summed E-state index contributed by atoms with van der Waals surface area (Å²) >= 11 is 12.0. The number of nitrogen functional groups attached to an aromatic ring is 2. The molecule has 62 heavy (non-hydrogen) atoms. The molecule has 0 unspecified atom stereocenters. The Labute approximate surface area is 366 Å². The molecular weight excluding hydrogens is 829 g/mol. The van der Waals surface area contributed by atoms with Gasteiger partial charge in [0.2, 0.25) is 11.8 Å². The van der Waals surface area contributed by atoms with Gasteiger partial charge in [0.1, 0.15) is 23.3 Å². The van der Waals surface area contributed by atoms with E-state index in [1.807, 2.05) is 57.9 Å². The molecule has 0 spiro atoms. The van der Waals surface area contributed by atoms with Gasteiger partial charge in [-0.15, -0.1) is 0 Å². The van der Waals surface area contributed by atoms with Gasteiger partial charge in [0.15, 0.2) is 0 Å². The van der Waals surface area contributed by atoms with Crippen molar-refractivity contribution in [3.63, 3.8) is 0 Å². The van der Waals surface area contributed by atoms with E-state index in [1.165, 1.54) is 24.3 Å². The Kier molecular flexibility index (Phi) is 13.7. The molecule has 0 aliphatic rings. The van der Waals surface area contributed by atoms with E-state index in [0.717, 1.165) is 34.2 Å². The first-order valence-corrected chi connectivity index (χ1v) is 20.1. The summed E-state index contributed by atoms with van der Waals surface area (Å²) in [5, 5.41) is 6.89. The van der Waals surface area contributed by atoms with Gasteiger partial charge in [-0.3, -0.25) is 9.59 Å². The minimum Gasteiger partial charge on any atom is -0.397 e. The maximum atomic E-state index is 13.3. The molecule has 0 fully saturated rings. The fourth-order valence-corrected chi connectivity index (χ4v) is 6.78. The molecule has 6 aromatic carbocycles. The Morgan fingerprint density at radius 3 is 1.23 bits per heavy atom. The Morgan fingerprint density at radius 2 is 0.871 bits per heavy atom. The zero-order chi connectivity index (χ0) is 43.6. The maximum absolute atomic E-state index is 13.3. The molecule has 2 amide bonds. The molecular formula is C48H40Cl2F2N8O2. The van der Waals surface area contributed by atoms with Crippen LogP contribution in [0.25, 0.3) is 11.4 Å². The predicted octanol–water partition coefficient (Wildman–Crippen LogP) is 10.0. The van der Waals surface area contributed by atoms with Crippen molar-refractivity contribution in [3.8, 4) is 11.4 Å². The lowest BCUT2D eigenvalue weighted by molar-refractivity contribution is -0.116. The highest BCUT2D eigenvalue weighted by atomic mass is 35.5. The van der Waals surface area contributed by atoms with Gasteiger partial charge >= 0.3 is 0 Å². The molecule has 14 heteroatoms. The van der Waals surface area contributed by atoms with Crippen LogP contribution in [-0.2, 0) is 35.3 Å². The smallest absolute Gasteiger partial charge is 0.230 e. The van der Waals surface area contributed by atoms with Crippen LogP contribution in [0.15, 0.2) is 158 Å². The van der Waals surface area contributed by atoms with Gasteiger partial charge in [0.25, 0.3) is 0 Å². The number of rotatable bonds is 12. The summed E-state index contributed by atoms with van der Waals surface area (Å²) in [5.41, 5.74) is 18.7. The number of anilines is 4. The SMILES string of the molecule is Nc1ccccc1NC(=O)Cc1cn(-c2ccc(Cl)cc2)c(Cc2ccc(F)cc2)n1.Nc1ccccc1NC(=O)Cc1cn(-c2ccc(Cl)cc2)c(Cc2ccc(F)cc2)n1. The van der Waals surface area contributed by atoms with Crippen molar-refractivity contribution in [2.24, 2.45) is 0 Å². The van der Waals surface area contributed by atoms with E-state index in [4.69, 9.17) is 34.7 Å². The summed E-state index contributed by atoms with van der Waals surface area (Å²) in [6, 6.07) is 41.5. The standard InChI is InChI=1S/2C24H20ClFN4O/c2*25-17-7-11-20(12-8-17)30-15-19(14-24(31)29-22-4-2-1-3-21(22)27)28-23(30)13-16-5-9-18(26)10-6-16/h2*1-12,15H,13-14,27H2,(H,29,31). The van der Waals surface area contributed by atoms with E-state index in [0.29, 0.717) is 57.0 Å². The predicted molar refractivity (Wildman–Crippen MR) is 242 cm³/mol. The number of carbonyl (C=O) groups excluding carboxylic acids is 2. The second-order valence-electron chi connectivity index (χ2n) is 14.2. The summed E-state index contributed by atoms with van der Waals surface area (Å²) in [7, 11) is 0.